The minimum Gasteiger partial charge on any atom is -0.342 e. The predicted molar refractivity (Wildman–Crippen MR) is 89.7 cm³/mol. The van der Waals surface area contributed by atoms with Gasteiger partial charge in [0.1, 0.15) is 0 Å². The molecule has 1 unspecified atom stereocenters. The van der Waals surface area contributed by atoms with E-state index in [-0.39, 0.29) is 11.8 Å². The molecule has 1 fully saturated rings. The Hall–Kier alpha value is -2.60. The van der Waals surface area contributed by atoms with Crippen molar-refractivity contribution in [2.45, 2.75) is 19.3 Å². The van der Waals surface area contributed by atoms with Gasteiger partial charge >= 0.3 is 0 Å². The molecule has 0 bridgehead atoms. The molecule has 0 N–H and O–H groups in total. The van der Waals surface area contributed by atoms with E-state index in [2.05, 4.69) is 18.2 Å². The van der Waals surface area contributed by atoms with Crippen molar-refractivity contribution >= 4 is 5.91 Å². The number of nitrogens with zero attached hydrogens (tertiary/aromatic N) is 2. The van der Waals surface area contributed by atoms with Crippen LogP contribution in [0.2, 0.25) is 0 Å². The number of amides is 1. The van der Waals surface area contributed by atoms with Crippen LogP contribution in [0.25, 0.3) is 0 Å². The lowest BCUT2D eigenvalue weighted by atomic mass is 9.95. The van der Waals surface area contributed by atoms with Crippen LogP contribution in [-0.4, -0.2) is 23.9 Å². The zero-order chi connectivity index (χ0) is 16.1. The van der Waals surface area contributed by atoms with Crippen LogP contribution in [0.15, 0.2) is 54.6 Å². The van der Waals surface area contributed by atoms with Crippen molar-refractivity contribution in [2.75, 3.05) is 13.1 Å². The molecule has 3 heteroatoms. The molecule has 0 saturated carbocycles. The standard InChI is InChI=1S/C20H20N2O/c21-15-19-9-5-4-8-17(19)14-18-11-13-22(20(18)23)12-10-16-6-2-1-3-7-16/h1-9,18H,10-14H2. The van der Waals surface area contributed by atoms with E-state index in [1.807, 2.05) is 47.4 Å². The van der Waals surface area contributed by atoms with Crippen LogP contribution in [0.3, 0.4) is 0 Å². The van der Waals surface area contributed by atoms with Crippen LogP contribution >= 0.6 is 0 Å². The Labute approximate surface area is 137 Å². The highest BCUT2D eigenvalue weighted by atomic mass is 16.2. The van der Waals surface area contributed by atoms with Gasteiger partial charge in [-0.1, -0.05) is 48.5 Å². The van der Waals surface area contributed by atoms with Crippen LogP contribution < -0.4 is 0 Å². The first-order valence-electron chi connectivity index (χ1n) is 8.08. The molecular formula is C20H20N2O. The average Bonchev–Trinajstić information content (AvgIpc) is 2.94. The molecule has 1 aliphatic heterocycles. The molecule has 3 nitrogen and oxygen atoms in total. The maximum atomic E-state index is 12.6. The molecule has 1 aliphatic rings. The van der Waals surface area contributed by atoms with E-state index in [0.717, 1.165) is 31.5 Å². The van der Waals surface area contributed by atoms with Crippen LogP contribution in [0.4, 0.5) is 0 Å². The third kappa shape index (κ3) is 3.60. The number of hydrogen-bond donors (Lipinski definition) is 0. The van der Waals surface area contributed by atoms with Crippen LogP contribution in [0.1, 0.15) is 23.1 Å². The largest absolute Gasteiger partial charge is 0.342 e. The van der Waals surface area contributed by atoms with Gasteiger partial charge in [0.25, 0.3) is 0 Å². The second kappa shape index (κ2) is 7.11. The predicted octanol–water partition coefficient (Wildman–Crippen LogP) is 3.19. The zero-order valence-corrected chi connectivity index (χ0v) is 13.1. The van der Waals surface area contributed by atoms with Gasteiger partial charge in [-0.3, -0.25) is 4.79 Å². The SMILES string of the molecule is N#Cc1ccccc1CC1CCN(CCc2ccccc2)C1=O. The quantitative estimate of drug-likeness (QED) is 0.851. The molecular weight excluding hydrogens is 284 g/mol. The Balaban J connectivity index is 1.60. The summed E-state index contributed by atoms with van der Waals surface area (Å²) < 4.78 is 0. The first-order chi connectivity index (χ1) is 11.3. The molecule has 2 aromatic carbocycles. The summed E-state index contributed by atoms with van der Waals surface area (Å²) in [4.78, 5) is 14.5. The highest BCUT2D eigenvalue weighted by molar-refractivity contribution is 5.81. The maximum absolute atomic E-state index is 12.6. The Morgan fingerprint density at radius 3 is 2.61 bits per heavy atom. The number of nitriles is 1. The molecule has 1 atom stereocenters. The van der Waals surface area contributed by atoms with Gasteiger partial charge in [-0.15, -0.1) is 0 Å². The van der Waals surface area contributed by atoms with Crippen molar-refractivity contribution in [3.05, 3.63) is 71.3 Å². The van der Waals surface area contributed by atoms with Gasteiger partial charge < -0.3 is 4.90 Å². The van der Waals surface area contributed by atoms with Gasteiger partial charge in [-0.05, 0) is 36.5 Å². The van der Waals surface area contributed by atoms with E-state index < -0.39 is 0 Å². The first kappa shape index (κ1) is 15.3. The van der Waals surface area contributed by atoms with E-state index >= 15 is 0 Å². The van der Waals surface area contributed by atoms with Gasteiger partial charge in [0, 0.05) is 19.0 Å². The van der Waals surface area contributed by atoms with E-state index in [4.69, 9.17) is 0 Å². The number of carbonyl (C=O) groups excluding carboxylic acids is 1. The Morgan fingerprint density at radius 1 is 1.09 bits per heavy atom. The molecule has 0 aliphatic carbocycles. The van der Waals surface area contributed by atoms with E-state index in [9.17, 15) is 10.1 Å². The molecule has 1 amide bonds. The van der Waals surface area contributed by atoms with Crippen molar-refractivity contribution in [1.82, 2.24) is 4.90 Å². The summed E-state index contributed by atoms with van der Waals surface area (Å²) in [6.07, 6.45) is 2.45. The van der Waals surface area contributed by atoms with Gasteiger partial charge in [-0.25, -0.2) is 0 Å². The number of hydrogen-bond acceptors (Lipinski definition) is 2. The van der Waals surface area contributed by atoms with E-state index in [0.29, 0.717) is 12.0 Å². The molecule has 0 radical (unpaired) electrons. The number of benzene rings is 2. The monoisotopic (exact) mass is 304 g/mol. The summed E-state index contributed by atoms with van der Waals surface area (Å²) in [5, 5.41) is 9.18. The molecule has 23 heavy (non-hydrogen) atoms. The van der Waals surface area contributed by atoms with Gasteiger partial charge in [0.05, 0.1) is 11.6 Å². The highest BCUT2D eigenvalue weighted by Crippen LogP contribution is 2.24. The molecule has 3 rings (SSSR count). The molecule has 0 spiro atoms. The summed E-state index contributed by atoms with van der Waals surface area (Å²) in [5.74, 6) is 0.244. The fraction of sp³-hybridized carbons (Fsp3) is 0.300. The lowest BCUT2D eigenvalue weighted by Gasteiger charge is -2.17. The van der Waals surface area contributed by atoms with Gasteiger partial charge in [0.15, 0.2) is 0 Å². The molecule has 116 valence electrons. The molecule has 1 heterocycles. The van der Waals surface area contributed by atoms with Crippen molar-refractivity contribution in [3.63, 3.8) is 0 Å². The summed E-state index contributed by atoms with van der Waals surface area (Å²) in [5.41, 5.74) is 2.93. The lowest BCUT2D eigenvalue weighted by Crippen LogP contribution is -2.30. The zero-order valence-electron chi connectivity index (χ0n) is 13.1. The third-order valence-electron chi connectivity index (χ3n) is 4.53. The summed E-state index contributed by atoms with van der Waals surface area (Å²) in [6, 6.07) is 20.1. The average molecular weight is 304 g/mol. The Kier molecular flexibility index (Phi) is 4.73. The lowest BCUT2D eigenvalue weighted by molar-refractivity contribution is -0.130. The minimum absolute atomic E-state index is 0.0141. The van der Waals surface area contributed by atoms with E-state index in [1.165, 1.54) is 5.56 Å². The smallest absolute Gasteiger partial charge is 0.226 e. The van der Waals surface area contributed by atoms with Crippen LogP contribution in [-0.2, 0) is 17.6 Å². The highest BCUT2D eigenvalue weighted by Gasteiger charge is 2.31. The second-order valence-electron chi connectivity index (χ2n) is 6.02. The van der Waals surface area contributed by atoms with Crippen molar-refractivity contribution in [2.24, 2.45) is 5.92 Å². The van der Waals surface area contributed by atoms with Gasteiger partial charge in [0.2, 0.25) is 5.91 Å². The van der Waals surface area contributed by atoms with Crippen LogP contribution in [0, 0.1) is 17.2 Å². The minimum atomic E-state index is 0.0141. The van der Waals surface area contributed by atoms with Crippen molar-refractivity contribution in [3.8, 4) is 6.07 Å². The number of rotatable bonds is 5. The molecule has 0 aromatic heterocycles. The molecule has 1 saturated heterocycles. The summed E-state index contributed by atoms with van der Waals surface area (Å²) in [7, 11) is 0. The topological polar surface area (TPSA) is 44.1 Å². The fourth-order valence-corrected chi connectivity index (χ4v) is 3.20. The third-order valence-corrected chi connectivity index (χ3v) is 4.53. The number of carbonyl (C=O) groups is 1. The number of likely N-dealkylation sites (tertiary alicyclic amines) is 1. The second-order valence-corrected chi connectivity index (χ2v) is 6.02. The van der Waals surface area contributed by atoms with Crippen LogP contribution in [0.5, 0.6) is 0 Å². The maximum Gasteiger partial charge on any atom is 0.226 e. The van der Waals surface area contributed by atoms with Crippen molar-refractivity contribution in [1.29, 1.82) is 5.26 Å². The van der Waals surface area contributed by atoms with Gasteiger partial charge in [-0.2, -0.15) is 5.26 Å². The fourth-order valence-electron chi connectivity index (χ4n) is 3.20. The molecule has 2 aromatic rings. The summed E-state index contributed by atoms with van der Waals surface area (Å²) >= 11 is 0. The first-order valence-corrected chi connectivity index (χ1v) is 8.08. The van der Waals surface area contributed by atoms with Crippen molar-refractivity contribution < 1.29 is 4.79 Å². The summed E-state index contributed by atoms with van der Waals surface area (Å²) in [6.45, 7) is 1.60. The normalized spacial score (nSPS) is 17.3. The van der Waals surface area contributed by atoms with E-state index in [1.54, 1.807) is 0 Å². The Bertz CT molecular complexity index is 718. The Morgan fingerprint density at radius 2 is 1.83 bits per heavy atom.